The summed E-state index contributed by atoms with van der Waals surface area (Å²) in [7, 11) is 0. The number of rotatable bonds is 4. The SMILES string of the molecule is Cc1cccc(CN2CCN(CCO)CC2)n1. The molecule has 4 heteroatoms. The van der Waals surface area contributed by atoms with Gasteiger partial charge in [-0.2, -0.15) is 0 Å². The standard InChI is InChI=1S/C13H21N3O/c1-12-3-2-4-13(14-12)11-16-7-5-15(6-8-16)9-10-17/h2-4,17H,5-11H2,1H3. The van der Waals surface area contributed by atoms with Crippen LogP contribution in [0, 0.1) is 6.92 Å². The van der Waals surface area contributed by atoms with Crippen molar-refractivity contribution in [3.8, 4) is 0 Å². The molecule has 1 aliphatic rings. The van der Waals surface area contributed by atoms with E-state index in [-0.39, 0.29) is 6.61 Å². The molecule has 17 heavy (non-hydrogen) atoms. The molecule has 1 aromatic rings. The molecule has 1 aliphatic heterocycles. The van der Waals surface area contributed by atoms with Gasteiger partial charge in [0.05, 0.1) is 12.3 Å². The van der Waals surface area contributed by atoms with Gasteiger partial charge in [0.25, 0.3) is 0 Å². The van der Waals surface area contributed by atoms with Crippen molar-refractivity contribution < 1.29 is 5.11 Å². The Kier molecular flexibility index (Phi) is 4.48. The van der Waals surface area contributed by atoms with E-state index in [2.05, 4.69) is 26.9 Å². The topological polar surface area (TPSA) is 39.6 Å². The van der Waals surface area contributed by atoms with E-state index in [1.165, 1.54) is 0 Å². The maximum absolute atomic E-state index is 8.88. The molecule has 1 saturated heterocycles. The van der Waals surface area contributed by atoms with Crippen LogP contribution in [0.5, 0.6) is 0 Å². The van der Waals surface area contributed by atoms with Crippen molar-refractivity contribution >= 4 is 0 Å². The molecule has 4 nitrogen and oxygen atoms in total. The lowest BCUT2D eigenvalue weighted by Gasteiger charge is -2.34. The zero-order valence-corrected chi connectivity index (χ0v) is 10.5. The lowest BCUT2D eigenvalue weighted by molar-refractivity contribution is 0.107. The summed E-state index contributed by atoms with van der Waals surface area (Å²) in [6.07, 6.45) is 0. The Morgan fingerprint density at radius 2 is 1.88 bits per heavy atom. The number of aromatic nitrogens is 1. The van der Waals surface area contributed by atoms with E-state index in [9.17, 15) is 0 Å². The first kappa shape index (κ1) is 12.5. The molecule has 0 amide bonds. The molecule has 94 valence electrons. The van der Waals surface area contributed by atoms with E-state index >= 15 is 0 Å². The summed E-state index contributed by atoms with van der Waals surface area (Å²) in [4.78, 5) is 9.26. The highest BCUT2D eigenvalue weighted by atomic mass is 16.3. The summed E-state index contributed by atoms with van der Waals surface area (Å²) < 4.78 is 0. The first-order valence-corrected chi connectivity index (χ1v) is 6.26. The molecule has 0 aromatic carbocycles. The van der Waals surface area contributed by atoms with Gasteiger partial charge in [-0.15, -0.1) is 0 Å². The average molecular weight is 235 g/mol. The predicted octanol–water partition coefficient (Wildman–Crippen LogP) is 0.500. The van der Waals surface area contributed by atoms with Crippen molar-refractivity contribution in [1.29, 1.82) is 0 Å². The molecule has 0 saturated carbocycles. The third kappa shape index (κ3) is 3.77. The Hall–Kier alpha value is -0.970. The largest absolute Gasteiger partial charge is 0.395 e. The monoisotopic (exact) mass is 235 g/mol. The van der Waals surface area contributed by atoms with Gasteiger partial charge in [-0.1, -0.05) is 6.07 Å². The summed E-state index contributed by atoms with van der Waals surface area (Å²) in [5, 5.41) is 8.88. The number of hydrogen-bond acceptors (Lipinski definition) is 4. The van der Waals surface area contributed by atoms with Gasteiger partial charge in [0.15, 0.2) is 0 Å². The summed E-state index contributed by atoms with van der Waals surface area (Å²) >= 11 is 0. The van der Waals surface area contributed by atoms with Crippen molar-refractivity contribution in [1.82, 2.24) is 14.8 Å². The Morgan fingerprint density at radius 1 is 1.18 bits per heavy atom. The third-order valence-electron chi connectivity index (χ3n) is 3.21. The maximum Gasteiger partial charge on any atom is 0.0558 e. The molecule has 1 aromatic heterocycles. The summed E-state index contributed by atoms with van der Waals surface area (Å²) in [5.41, 5.74) is 2.24. The minimum Gasteiger partial charge on any atom is -0.395 e. The van der Waals surface area contributed by atoms with Gasteiger partial charge in [0.1, 0.15) is 0 Å². The quantitative estimate of drug-likeness (QED) is 0.825. The van der Waals surface area contributed by atoms with Gasteiger partial charge in [-0.25, -0.2) is 0 Å². The first-order chi connectivity index (χ1) is 8.28. The Bertz CT molecular complexity index is 348. The van der Waals surface area contributed by atoms with Gasteiger partial charge in [0, 0.05) is 45.0 Å². The van der Waals surface area contributed by atoms with E-state index in [0.29, 0.717) is 0 Å². The van der Waals surface area contributed by atoms with Gasteiger partial charge < -0.3 is 5.11 Å². The number of nitrogens with zero attached hydrogens (tertiary/aromatic N) is 3. The van der Waals surface area contributed by atoms with E-state index in [1.807, 2.05) is 13.0 Å². The molecule has 0 unspecified atom stereocenters. The van der Waals surface area contributed by atoms with Crippen molar-refractivity contribution in [2.75, 3.05) is 39.3 Å². The summed E-state index contributed by atoms with van der Waals surface area (Å²) in [6.45, 7) is 8.26. The van der Waals surface area contributed by atoms with Gasteiger partial charge >= 0.3 is 0 Å². The number of aryl methyl sites for hydroxylation is 1. The van der Waals surface area contributed by atoms with Crippen molar-refractivity contribution in [2.45, 2.75) is 13.5 Å². The molecule has 2 heterocycles. The second-order valence-electron chi connectivity index (χ2n) is 4.61. The van der Waals surface area contributed by atoms with Crippen LogP contribution < -0.4 is 0 Å². The molecule has 2 rings (SSSR count). The summed E-state index contributed by atoms with van der Waals surface area (Å²) in [6, 6.07) is 6.19. The van der Waals surface area contributed by atoms with Crippen LogP contribution in [0.25, 0.3) is 0 Å². The van der Waals surface area contributed by atoms with Gasteiger partial charge in [0.2, 0.25) is 0 Å². The fraction of sp³-hybridized carbons (Fsp3) is 0.615. The number of β-amino-alcohol motifs (C(OH)–C–C–N with tert-alkyl or cyclic N) is 1. The molecular weight excluding hydrogens is 214 g/mol. The van der Waals surface area contributed by atoms with Crippen LogP contribution >= 0.6 is 0 Å². The van der Waals surface area contributed by atoms with E-state index in [4.69, 9.17) is 5.11 Å². The minimum absolute atomic E-state index is 0.263. The zero-order valence-electron chi connectivity index (χ0n) is 10.5. The van der Waals surface area contributed by atoms with Crippen LogP contribution in [0.15, 0.2) is 18.2 Å². The van der Waals surface area contributed by atoms with Crippen LogP contribution in [-0.4, -0.2) is 59.2 Å². The van der Waals surface area contributed by atoms with Crippen LogP contribution in [-0.2, 0) is 6.54 Å². The lowest BCUT2D eigenvalue weighted by Crippen LogP contribution is -2.46. The number of piperazine rings is 1. The minimum atomic E-state index is 0.263. The number of aliphatic hydroxyl groups excluding tert-OH is 1. The molecule has 1 fully saturated rings. The maximum atomic E-state index is 8.88. The molecule has 1 N–H and O–H groups in total. The normalized spacial score (nSPS) is 18.5. The third-order valence-corrected chi connectivity index (χ3v) is 3.21. The Balaban J connectivity index is 1.82. The highest BCUT2D eigenvalue weighted by Crippen LogP contribution is 2.07. The second kappa shape index (κ2) is 6.10. The fourth-order valence-electron chi connectivity index (χ4n) is 2.23. The van der Waals surface area contributed by atoms with Crippen molar-refractivity contribution in [3.63, 3.8) is 0 Å². The summed E-state index contributed by atoms with van der Waals surface area (Å²) in [5.74, 6) is 0. The van der Waals surface area contributed by atoms with Crippen molar-refractivity contribution in [3.05, 3.63) is 29.6 Å². The number of hydrogen-bond donors (Lipinski definition) is 1. The first-order valence-electron chi connectivity index (χ1n) is 6.26. The van der Waals surface area contributed by atoms with Gasteiger partial charge in [-0.3, -0.25) is 14.8 Å². The highest BCUT2D eigenvalue weighted by Gasteiger charge is 2.16. The average Bonchev–Trinajstić information content (AvgIpc) is 2.32. The van der Waals surface area contributed by atoms with E-state index in [1.54, 1.807) is 0 Å². The number of aliphatic hydroxyl groups is 1. The Morgan fingerprint density at radius 3 is 2.53 bits per heavy atom. The van der Waals surface area contributed by atoms with Crippen molar-refractivity contribution in [2.24, 2.45) is 0 Å². The second-order valence-corrected chi connectivity index (χ2v) is 4.61. The molecule has 0 radical (unpaired) electrons. The Labute approximate surface area is 103 Å². The lowest BCUT2D eigenvalue weighted by atomic mass is 10.2. The van der Waals surface area contributed by atoms with Gasteiger partial charge in [-0.05, 0) is 19.1 Å². The van der Waals surface area contributed by atoms with Crippen LogP contribution in [0.2, 0.25) is 0 Å². The van der Waals surface area contributed by atoms with Crippen LogP contribution in [0.1, 0.15) is 11.4 Å². The molecule has 0 bridgehead atoms. The molecular formula is C13H21N3O. The highest BCUT2D eigenvalue weighted by molar-refractivity contribution is 5.09. The predicted molar refractivity (Wildman–Crippen MR) is 67.8 cm³/mol. The molecule has 0 aliphatic carbocycles. The molecule has 0 spiro atoms. The molecule has 0 atom stereocenters. The van der Waals surface area contributed by atoms with E-state index < -0.39 is 0 Å². The fourth-order valence-corrected chi connectivity index (χ4v) is 2.23. The number of pyridine rings is 1. The van der Waals surface area contributed by atoms with Crippen LogP contribution in [0.4, 0.5) is 0 Å². The zero-order chi connectivity index (χ0) is 12.1. The van der Waals surface area contributed by atoms with Crippen LogP contribution in [0.3, 0.4) is 0 Å². The smallest absolute Gasteiger partial charge is 0.0558 e. The van der Waals surface area contributed by atoms with E-state index in [0.717, 1.165) is 50.7 Å².